The summed E-state index contributed by atoms with van der Waals surface area (Å²) in [5.41, 5.74) is 0.572. The predicted molar refractivity (Wildman–Crippen MR) is 79.9 cm³/mol. The molecule has 21 heavy (non-hydrogen) atoms. The Hall–Kier alpha value is -1.66. The van der Waals surface area contributed by atoms with Crippen LogP contribution in [-0.2, 0) is 4.74 Å². The molecule has 2 atom stereocenters. The van der Waals surface area contributed by atoms with E-state index >= 15 is 0 Å². The minimum absolute atomic E-state index is 0.224. The number of anilines is 1. The first kappa shape index (κ1) is 15.7. The zero-order chi connectivity index (χ0) is 15.2. The summed E-state index contributed by atoms with van der Waals surface area (Å²) in [5.74, 6) is -0.323. The highest BCUT2D eigenvalue weighted by atomic mass is 19.1. The number of morpholine rings is 1. The maximum absolute atomic E-state index is 12.8. The van der Waals surface area contributed by atoms with Crippen LogP contribution in [0.3, 0.4) is 0 Å². The number of ether oxygens (including phenoxy) is 1. The average Bonchev–Trinajstić information content (AvgIpc) is 2.40. The van der Waals surface area contributed by atoms with Gasteiger partial charge in [0.15, 0.2) is 0 Å². The number of carbonyl (C=O) groups is 1. The van der Waals surface area contributed by atoms with Crippen molar-refractivity contribution in [2.75, 3.05) is 31.5 Å². The van der Waals surface area contributed by atoms with E-state index in [1.807, 2.05) is 0 Å². The molecule has 0 radical (unpaired) electrons. The van der Waals surface area contributed by atoms with E-state index in [0.717, 1.165) is 19.6 Å². The van der Waals surface area contributed by atoms with E-state index in [2.05, 4.69) is 29.4 Å². The van der Waals surface area contributed by atoms with Gasteiger partial charge >= 0.3 is 6.03 Å². The summed E-state index contributed by atoms with van der Waals surface area (Å²) >= 11 is 0. The maximum atomic E-state index is 12.8. The summed E-state index contributed by atoms with van der Waals surface area (Å²) in [7, 11) is 0. The molecule has 5 nitrogen and oxygen atoms in total. The lowest BCUT2D eigenvalue weighted by atomic mass is 10.2. The number of nitrogens with one attached hydrogen (secondary N) is 2. The van der Waals surface area contributed by atoms with Crippen LogP contribution >= 0.6 is 0 Å². The molecule has 2 N–H and O–H groups in total. The third-order valence-corrected chi connectivity index (χ3v) is 3.31. The van der Waals surface area contributed by atoms with E-state index < -0.39 is 0 Å². The molecule has 0 bridgehead atoms. The molecule has 116 valence electrons. The molecule has 2 unspecified atom stereocenters. The van der Waals surface area contributed by atoms with Gasteiger partial charge in [-0.1, -0.05) is 0 Å². The van der Waals surface area contributed by atoms with Crippen LogP contribution in [-0.4, -0.2) is 49.3 Å². The summed E-state index contributed by atoms with van der Waals surface area (Å²) in [5, 5.41) is 5.46. The molecule has 1 fully saturated rings. The fourth-order valence-electron chi connectivity index (χ4n) is 2.50. The highest BCUT2D eigenvalue weighted by Gasteiger charge is 2.21. The third-order valence-electron chi connectivity index (χ3n) is 3.31. The average molecular weight is 295 g/mol. The quantitative estimate of drug-likeness (QED) is 0.894. The summed E-state index contributed by atoms with van der Waals surface area (Å²) < 4.78 is 18.4. The molecule has 0 aromatic heterocycles. The van der Waals surface area contributed by atoms with Gasteiger partial charge < -0.3 is 15.4 Å². The Balaban J connectivity index is 1.68. The number of amides is 2. The van der Waals surface area contributed by atoms with Crippen molar-refractivity contribution in [3.8, 4) is 0 Å². The third kappa shape index (κ3) is 5.32. The number of hydrogen-bond donors (Lipinski definition) is 2. The van der Waals surface area contributed by atoms with Crippen molar-refractivity contribution in [1.82, 2.24) is 10.2 Å². The lowest BCUT2D eigenvalue weighted by Gasteiger charge is -2.35. The van der Waals surface area contributed by atoms with Crippen molar-refractivity contribution < 1.29 is 13.9 Å². The first-order chi connectivity index (χ1) is 10.0. The van der Waals surface area contributed by atoms with Gasteiger partial charge in [-0.3, -0.25) is 4.90 Å². The van der Waals surface area contributed by atoms with Gasteiger partial charge in [-0.25, -0.2) is 9.18 Å². The van der Waals surface area contributed by atoms with E-state index in [0.29, 0.717) is 12.2 Å². The van der Waals surface area contributed by atoms with Crippen LogP contribution in [0.15, 0.2) is 24.3 Å². The van der Waals surface area contributed by atoms with Gasteiger partial charge in [0, 0.05) is 31.9 Å². The number of urea groups is 1. The normalized spacial score (nSPS) is 22.8. The second-order valence-corrected chi connectivity index (χ2v) is 5.40. The zero-order valence-electron chi connectivity index (χ0n) is 12.4. The van der Waals surface area contributed by atoms with Crippen LogP contribution in [0.2, 0.25) is 0 Å². The lowest BCUT2D eigenvalue weighted by Crippen LogP contribution is -2.48. The van der Waals surface area contributed by atoms with Gasteiger partial charge in [0.2, 0.25) is 0 Å². The van der Waals surface area contributed by atoms with E-state index in [9.17, 15) is 9.18 Å². The van der Waals surface area contributed by atoms with Crippen LogP contribution in [0, 0.1) is 5.82 Å². The Morgan fingerprint density at radius 1 is 1.29 bits per heavy atom. The fraction of sp³-hybridized carbons (Fsp3) is 0.533. The van der Waals surface area contributed by atoms with Gasteiger partial charge in [0.25, 0.3) is 0 Å². The number of rotatable bonds is 4. The van der Waals surface area contributed by atoms with Gasteiger partial charge in [0.1, 0.15) is 5.82 Å². The Morgan fingerprint density at radius 3 is 2.52 bits per heavy atom. The Bertz CT molecular complexity index is 456. The van der Waals surface area contributed by atoms with Gasteiger partial charge in [0.05, 0.1) is 12.2 Å². The number of nitrogens with zero attached hydrogens (tertiary/aromatic N) is 1. The van der Waals surface area contributed by atoms with Crippen LogP contribution < -0.4 is 10.6 Å². The molecule has 2 amide bonds. The largest absolute Gasteiger partial charge is 0.373 e. The maximum Gasteiger partial charge on any atom is 0.319 e. The summed E-state index contributed by atoms with van der Waals surface area (Å²) in [4.78, 5) is 14.0. The topological polar surface area (TPSA) is 53.6 Å². The second-order valence-electron chi connectivity index (χ2n) is 5.40. The summed E-state index contributed by atoms with van der Waals surface area (Å²) in [6.45, 7) is 7.22. The first-order valence-electron chi connectivity index (χ1n) is 7.21. The molecule has 1 saturated heterocycles. The molecular weight excluding hydrogens is 273 g/mol. The van der Waals surface area contributed by atoms with E-state index in [-0.39, 0.29) is 24.1 Å². The SMILES string of the molecule is CC1CN(CCNC(=O)Nc2ccc(F)cc2)CC(C)O1. The van der Waals surface area contributed by atoms with Crippen LogP contribution in [0.25, 0.3) is 0 Å². The summed E-state index contributed by atoms with van der Waals surface area (Å²) in [6.07, 6.45) is 0.448. The molecule has 1 aromatic carbocycles. The molecule has 1 heterocycles. The van der Waals surface area contributed by atoms with Gasteiger partial charge in [-0.15, -0.1) is 0 Å². The molecule has 0 saturated carbocycles. The molecule has 1 aliphatic rings. The van der Waals surface area contributed by atoms with Crippen LogP contribution in [0.1, 0.15) is 13.8 Å². The van der Waals surface area contributed by atoms with Crippen molar-refractivity contribution in [3.63, 3.8) is 0 Å². The molecule has 1 aromatic rings. The standard InChI is InChI=1S/C15H22FN3O2/c1-11-9-19(10-12(2)21-11)8-7-17-15(20)18-14-5-3-13(16)4-6-14/h3-6,11-12H,7-10H2,1-2H3,(H2,17,18,20). The Kier molecular flexibility index (Phi) is 5.52. The lowest BCUT2D eigenvalue weighted by molar-refractivity contribution is -0.0672. The van der Waals surface area contributed by atoms with Crippen molar-refractivity contribution >= 4 is 11.7 Å². The number of hydrogen-bond acceptors (Lipinski definition) is 3. The highest BCUT2D eigenvalue weighted by Crippen LogP contribution is 2.10. The molecule has 6 heteroatoms. The Morgan fingerprint density at radius 2 is 1.90 bits per heavy atom. The van der Waals surface area contributed by atoms with Crippen molar-refractivity contribution in [3.05, 3.63) is 30.1 Å². The van der Waals surface area contributed by atoms with E-state index in [1.165, 1.54) is 24.3 Å². The van der Waals surface area contributed by atoms with Gasteiger partial charge in [-0.2, -0.15) is 0 Å². The van der Waals surface area contributed by atoms with Crippen molar-refractivity contribution in [1.29, 1.82) is 0 Å². The van der Waals surface area contributed by atoms with E-state index in [4.69, 9.17) is 4.74 Å². The number of halogens is 1. The molecule has 2 rings (SSSR count). The van der Waals surface area contributed by atoms with Crippen molar-refractivity contribution in [2.24, 2.45) is 0 Å². The zero-order valence-corrected chi connectivity index (χ0v) is 12.4. The Labute approximate surface area is 124 Å². The summed E-state index contributed by atoms with van der Waals surface area (Å²) in [6, 6.07) is 5.40. The highest BCUT2D eigenvalue weighted by molar-refractivity contribution is 5.89. The first-order valence-corrected chi connectivity index (χ1v) is 7.21. The number of carbonyl (C=O) groups excluding carboxylic acids is 1. The molecular formula is C15H22FN3O2. The minimum atomic E-state index is -0.323. The second kappa shape index (κ2) is 7.38. The smallest absolute Gasteiger partial charge is 0.319 e. The fourth-order valence-corrected chi connectivity index (χ4v) is 2.50. The number of benzene rings is 1. The van der Waals surface area contributed by atoms with Gasteiger partial charge in [-0.05, 0) is 38.1 Å². The van der Waals surface area contributed by atoms with Crippen LogP contribution in [0.5, 0.6) is 0 Å². The monoisotopic (exact) mass is 295 g/mol. The van der Waals surface area contributed by atoms with E-state index in [1.54, 1.807) is 0 Å². The molecule has 0 spiro atoms. The van der Waals surface area contributed by atoms with Crippen LogP contribution in [0.4, 0.5) is 14.9 Å². The molecule has 1 aliphatic heterocycles. The molecule has 0 aliphatic carbocycles. The van der Waals surface area contributed by atoms with Crippen molar-refractivity contribution in [2.45, 2.75) is 26.1 Å². The minimum Gasteiger partial charge on any atom is -0.373 e. The predicted octanol–water partition coefficient (Wildman–Crippen LogP) is 2.06.